The van der Waals surface area contributed by atoms with Crippen molar-refractivity contribution < 1.29 is 4.42 Å². The van der Waals surface area contributed by atoms with Crippen LogP contribution >= 0.6 is 0 Å². The third-order valence-electron chi connectivity index (χ3n) is 4.29. The lowest BCUT2D eigenvalue weighted by Crippen LogP contribution is -2.52. The van der Waals surface area contributed by atoms with E-state index in [1.807, 2.05) is 6.07 Å². The van der Waals surface area contributed by atoms with E-state index in [4.69, 9.17) is 10.2 Å². The van der Waals surface area contributed by atoms with Gasteiger partial charge in [-0.2, -0.15) is 0 Å². The first-order valence-electron chi connectivity index (χ1n) is 7.54. The van der Waals surface area contributed by atoms with Gasteiger partial charge in [-0.05, 0) is 50.7 Å². The van der Waals surface area contributed by atoms with Crippen molar-refractivity contribution >= 4 is 0 Å². The Labute approximate surface area is 117 Å². The van der Waals surface area contributed by atoms with Gasteiger partial charge in [0.05, 0.1) is 12.8 Å². The van der Waals surface area contributed by atoms with Gasteiger partial charge in [0.2, 0.25) is 0 Å². The highest BCUT2D eigenvalue weighted by molar-refractivity contribution is 5.04. The fourth-order valence-electron chi connectivity index (χ4n) is 2.68. The zero-order valence-electron chi connectivity index (χ0n) is 12.6. The molecular formula is C16H28N2O. The topological polar surface area (TPSA) is 42.4 Å². The molecule has 3 nitrogen and oxygen atoms in total. The molecule has 19 heavy (non-hydrogen) atoms. The Balaban J connectivity index is 2.06. The molecule has 2 N–H and O–H groups in total. The maximum atomic E-state index is 6.12. The molecule has 1 aromatic rings. The monoisotopic (exact) mass is 264 g/mol. The Morgan fingerprint density at radius 2 is 2.21 bits per heavy atom. The van der Waals surface area contributed by atoms with E-state index in [2.05, 4.69) is 31.7 Å². The van der Waals surface area contributed by atoms with Crippen LogP contribution < -0.4 is 5.73 Å². The molecule has 1 atom stereocenters. The molecule has 0 amide bonds. The molecule has 0 saturated heterocycles. The van der Waals surface area contributed by atoms with Gasteiger partial charge in [-0.1, -0.05) is 13.8 Å². The van der Waals surface area contributed by atoms with Crippen molar-refractivity contribution in [1.29, 1.82) is 0 Å². The largest absolute Gasteiger partial charge is 0.468 e. The van der Waals surface area contributed by atoms with Crippen LogP contribution in [0.3, 0.4) is 0 Å². The van der Waals surface area contributed by atoms with Crippen molar-refractivity contribution in [3.8, 4) is 0 Å². The summed E-state index contributed by atoms with van der Waals surface area (Å²) in [4.78, 5) is 2.58. The number of furan rings is 1. The first kappa shape index (κ1) is 14.6. The van der Waals surface area contributed by atoms with Crippen LogP contribution in [-0.4, -0.2) is 23.0 Å². The van der Waals surface area contributed by atoms with E-state index in [1.54, 1.807) is 6.26 Å². The Hall–Kier alpha value is -0.800. The highest BCUT2D eigenvalue weighted by atomic mass is 16.3. The second-order valence-corrected chi connectivity index (χ2v) is 6.57. The highest BCUT2D eigenvalue weighted by Gasteiger charge is 2.40. The van der Waals surface area contributed by atoms with E-state index >= 15 is 0 Å². The molecule has 0 bridgehead atoms. The summed E-state index contributed by atoms with van der Waals surface area (Å²) in [6.45, 7) is 8.49. The minimum absolute atomic E-state index is 0.0955. The van der Waals surface area contributed by atoms with E-state index in [0.717, 1.165) is 24.8 Å². The van der Waals surface area contributed by atoms with E-state index in [-0.39, 0.29) is 5.54 Å². The molecule has 0 aromatic carbocycles. The molecule has 1 fully saturated rings. The average molecular weight is 264 g/mol. The van der Waals surface area contributed by atoms with Crippen LogP contribution in [0.25, 0.3) is 0 Å². The minimum atomic E-state index is 0.0955. The molecule has 1 unspecified atom stereocenters. The first-order chi connectivity index (χ1) is 9.05. The zero-order chi connectivity index (χ0) is 13.9. The van der Waals surface area contributed by atoms with Gasteiger partial charge in [0, 0.05) is 18.1 Å². The standard InChI is InChI=1S/C16H28N2O/c1-13(2)8-9-16(3,12-17)18(14-6-7-14)11-15-5-4-10-19-15/h4-5,10,13-14H,6-9,11-12,17H2,1-3H3. The summed E-state index contributed by atoms with van der Waals surface area (Å²) in [5, 5.41) is 0. The van der Waals surface area contributed by atoms with E-state index in [9.17, 15) is 0 Å². The molecule has 0 radical (unpaired) electrons. The average Bonchev–Trinajstić information content (AvgIpc) is 3.10. The minimum Gasteiger partial charge on any atom is -0.468 e. The van der Waals surface area contributed by atoms with Crippen LogP contribution in [0.5, 0.6) is 0 Å². The van der Waals surface area contributed by atoms with Crippen molar-refractivity contribution in [3.05, 3.63) is 24.2 Å². The Bertz CT molecular complexity index is 370. The van der Waals surface area contributed by atoms with E-state index in [1.165, 1.54) is 25.7 Å². The lowest BCUT2D eigenvalue weighted by Gasteiger charge is -2.41. The Kier molecular flexibility index (Phi) is 4.69. The molecule has 0 spiro atoms. The molecule has 1 heterocycles. The maximum Gasteiger partial charge on any atom is 0.117 e. The van der Waals surface area contributed by atoms with Crippen LogP contribution in [-0.2, 0) is 6.54 Å². The molecule has 3 heteroatoms. The normalized spacial score (nSPS) is 19.1. The Morgan fingerprint density at radius 1 is 1.47 bits per heavy atom. The SMILES string of the molecule is CC(C)CCC(C)(CN)N(Cc1ccco1)C1CC1. The molecule has 108 valence electrons. The molecule has 0 aliphatic heterocycles. The Morgan fingerprint density at radius 3 is 2.68 bits per heavy atom. The summed E-state index contributed by atoms with van der Waals surface area (Å²) in [7, 11) is 0. The fraction of sp³-hybridized carbons (Fsp3) is 0.750. The lowest BCUT2D eigenvalue weighted by atomic mass is 9.89. The summed E-state index contributed by atoms with van der Waals surface area (Å²) in [5.74, 6) is 1.78. The quantitative estimate of drug-likeness (QED) is 0.782. The molecule has 1 aliphatic rings. The highest BCUT2D eigenvalue weighted by Crippen LogP contribution is 2.36. The second kappa shape index (κ2) is 6.10. The predicted octanol–water partition coefficient (Wildman–Crippen LogP) is 3.40. The third kappa shape index (κ3) is 3.83. The van der Waals surface area contributed by atoms with Crippen molar-refractivity contribution in [1.82, 2.24) is 4.90 Å². The smallest absolute Gasteiger partial charge is 0.117 e. The van der Waals surface area contributed by atoms with Gasteiger partial charge >= 0.3 is 0 Å². The van der Waals surface area contributed by atoms with Crippen LogP contribution in [0, 0.1) is 5.92 Å². The predicted molar refractivity (Wildman–Crippen MR) is 78.8 cm³/mol. The molecule has 2 rings (SSSR count). The van der Waals surface area contributed by atoms with Gasteiger partial charge in [-0.3, -0.25) is 4.90 Å². The summed E-state index contributed by atoms with van der Waals surface area (Å²) in [5.41, 5.74) is 6.21. The van der Waals surface area contributed by atoms with Crippen molar-refractivity contribution in [2.75, 3.05) is 6.54 Å². The van der Waals surface area contributed by atoms with Gasteiger partial charge < -0.3 is 10.2 Å². The number of rotatable bonds is 8. The first-order valence-corrected chi connectivity index (χ1v) is 7.54. The molecule has 1 aliphatic carbocycles. The molecular weight excluding hydrogens is 236 g/mol. The number of nitrogens with zero attached hydrogens (tertiary/aromatic N) is 1. The summed E-state index contributed by atoms with van der Waals surface area (Å²) < 4.78 is 5.52. The molecule has 1 aromatic heterocycles. The van der Waals surface area contributed by atoms with Crippen LogP contribution in [0.15, 0.2) is 22.8 Å². The summed E-state index contributed by atoms with van der Waals surface area (Å²) in [6, 6.07) is 4.73. The second-order valence-electron chi connectivity index (χ2n) is 6.57. The zero-order valence-corrected chi connectivity index (χ0v) is 12.6. The van der Waals surface area contributed by atoms with Gasteiger partial charge in [-0.15, -0.1) is 0 Å². The van der Waals surface area contributed by atoms with Crippen LogP contribution in [0.1, 0.15) is 52.2 Å². The van der Waals surface area contributed by atoms with Crippen molar-refractivity contribution in [3.63, 3.8) is 0 Å². The van der Waals surface area contributed by atoms with E-state index in [0.29, 0.717) is 6.04 Å². The van der Waals surface area contributed by atoms with Crippen LogP contribution in [0.4, 0.5) is 0 Å². The van der Waals surface area contributed by atoms with Gasteiger partial charge in [0.25, 0.3) is 0 Å². The third-order valence-corrected chi connectivity index (χ3v) is 4.29. The van der Waals surface area contributed by atoms with E-state index < -0.39 is 0 Å². The van der Waals surface area contributed by atoms with Crippen LogP contribution in [0.2, 0.25) is 0 Å². The summed E-state index contributed by atoms with van der Waals surface area (Å²) in [6.07, 6.45) is 6.76. The molecule has 1 saturated carbocycles. The number of hydrogen-bond donors (Lipinski definition) is 1. The van der Waals surface area contributed by atoms with Crippen molar-refractivity contribution in [2.45, 2.75) is 64.6 Å². The maximum absolute atomic E-state index is 6.12. The van der Waals surface area contributed by atoms with Gasteiger partial charge in [-0.25, -0.2) is 0 Å². The fourth-order valence-corrected chi connectivity index (χ4v) is 2.68. The lowest BCUT2D eigenvalue weighted by molar-refractivity contribution is 0.0710. The summed E-state index contributed by atoms with van der Waals surface area (Å²) >= 11 is 0. The number of nitrogens with two attached hydrogens (primary N) is 1. The van der Waals surface area contributed by atoms with Crippen molar-refractivity contribution in [2.24, 2.45) is 11.7 Å². The number of hydrogen-bond acceptors (Lipinski definition) is 3. The van der Waals surface area contributed by atoms with Gasteiger partial charge in [0.15, 0.2) is 0 Å². The van der Waals surface area contributed by atoms with Gasteiger partial charge in [0.1, 0.15) is 5.76 Å².